The van der Waals surface area contributed by atoms with Crippen LogP contribution in [0.5, 0.6) is 0 Å². The molecular weight excluding hydrogens is 470 g/mol. The van der Waals surface area contributed by atoms with Gasteiger partial charge in [-0.1, -0.05) is 30.3 Å². The second kappa shape index (κ2) is 9.52. The van der Waals surface area contributed by atoms with Crippen molar-refractivity contribution in [1.82, 2.24) is 25.1 Å². The van der Waals surface area contributed by atoms with Gasteiger partial charge in [-0.3, -0.25) is 15.2 Å². The summed E-state index contributed by atoms with van der Waals surface area (Å²) >= 11 is 1.69. The number of anilines is 1. The van der Waals surface area contributed by atoms with Crippen molar-refractivity contribution < 1.29 is 4.79 Å². The van der Waals surface area contributed by atoms with Crippen LogP contribution in [0.4, 0.5) is 10.6 Å². The molecule has 0 spiro atoms. The first-order chi connectivity index (χ1) is 17.7. The molecule has 0 saturated heterocycles. The number of rotatable bonds is 4. The Bertz CT molecular complexity index is 1490. The van der Waals surface area contributed by atoms with Gasteiger partial charge in [-0.15, -0.1) is 11.3 Å². The molecule has 6 rings (SSSR count). The lowest BCUT2D eigenvalue weighted by Crippen LogP contribution is -2.51. The Morgan fingerprint density at radius 3 is 2.92 bits per heavy atom. The van der Waals surface area contributed by atoms with E-state index in [4.69, 9.17) is 5.73 Å². The van der Waals surface area contributed by atoms with Crippen molar-refractivity contribution in [3.63, 3.8) is 0 Å². The maximum absolute atomic E-state index is 13.4. The summed E-state index contributed by atoms with van der Waals surface area (Å²) in [6, 6.07) is 18.5. The van der Waals surface area contributed by atoms with Crippen molar-refractivity contribution in [2.45, 2.75) is 25.8 Å². The quantitative estimate of drug-likeness (QED) is 0.437. The number of urea groups is 1. The topological polar surface area (TPSA) is 99.7 Å². The first-order valence-electron chi connectivity index (χ1n) is 11.8. The molecule has 3 N–H and O–H groups in total. The average molecular weight is 496 g/mol. The molecule has 1 atom stereocenters. The summed E-state index contributed by atoms with van der Waals surface area (Å²) in [5, 5.41) is 4.28. The number of allylic oxidation sites excluding steroid dienone is 1. The fourth-order valence-corrected chi connectivity index (χ4v) is 5.56. The molecule has 0 aliphatic carbocycles. The van der Waals surface area contributed by atoms with Crippen molar-refractivity contribution in [2.24, 2.45) is 4.99 Å². The van der Waals surface area contributed by atoms with E-state index in [9.17, 15) is 4.79 Å². The van der Waals surface area contributed by atoms with Crippen molar-refractivity contribution in [3.8, 4) is 10.4 Å². The van der Waals surface area contributed by atoms with Gasteiger partial charge in [-0.2, -0.15) is 0 Å². The Hall–Kier alpha value is -4.08. The smallest absolute Gasteiger partial charge is 0.327 e. The highest BCUT2D eigenvalue weighted by Crippen LogP contribution is 2.31. The van der Waals surface area contributed by atoms with Gasteiger partial charge in [0.1, 0.15) is 12.1 Å². The molecule has 4 heterocycles. The first kappa shape index (κ1) is 22.4. The number of hydrogen-bond acceptors (Lipinski definition) is 7. The van der Waals surface area contributed by atoms with Crippen molar-refractivity contribution in [3.05, 3.63) is 89.2 Å². The third-order valence-electron chi connectivity index (χ3n) is 6.52. The number of amides is 2. The van der Waals surface area contributed by atoms with Gasteiger partial charge in [0.25, 0.3) is 0 Å². The van der Waals surface area contributed by atoms with Gasteiger partial charge in [0.2, 0.25) is 0 Å². The Morgan fingerprint density at radius 1 is 1.11 bits per heavy atom. The van der Waals surface area contributed by atoms with E-state index >= 15 is 0 Å². The van der Waals surface area contributed by atoms with Gasteiger partial charge in [0, 0.05) is 47.2 Å². The summed E-state index contributed by atoms with van der Waals surface area (Å²) in [7, 11) is 0. The number of carbonyl (C=O) groups excluding carboxylic acids is 1. The number of hydrogen-bond donors (Lipinski definition) is 2. The number of thiophene rings is 1. The van der Waals surface area contributed by atoms with Crippen LogP contribution < -0.4 is 11.1 Å². The van der Waals surface area contributed by atoms with Crippen molar-refractivity contribution >= 4 is 40.3 Å². The lowest BCUT2D eigenvalue weighted by molar-refractivity contribution is 0.143. The maximum Gasteiger partial charge on any atom is 0.327 e. The standard InChI is InChI=1S/C27H25N7OS/c28-25-22-14-19(6-8-23(22)31-17-32-25)24-9-7-21(36-24)15-30-26-29-11-3-12-34(26)27(35)33-13-10-18-4-1-2-5-20(18)16-33/h1-9,11-12,14,17,26,30H,10,13,15-16H2,(H2,28,31,32). The zero-order valence-electron chi connectivity index (χ0n) is 19.5. The highest BCUT2D eigenvalue weighted by atomic mass is 32.1. The van der Waals surface area contributed by atoms with Gasteiger partial charge >= 0.3 is 6.03 Å². The minimum absolute atomic E-state index is 0.0436. The van der Waals surface area contributed by atoms with Crippen LogP contribution in [0.3, 0.4) is 0 Å². The molecule has 2 aliphatic heterocycles. The minimum Gasteiger partial charge on any atom is -0.383 e. The predicted molar refractivity (Wildman–Crippen MR) is 143 cm³/mol. The number of nitrogens with one attached hydrogen (secondary N) is 1. The number of benzene rings is 2. The average Bonchev–Trinajstić information content (AvgIpc) is 3.41. The highest BCUT2D eigenvalue weighted by molar-refractivity contribution is 7.15. The summed E-state index contributed by atoms with van der Waals surface area (Å²) in [6.07, 6.45) is 7.22. The predicted octanol–water partition coefficient (Wildman–Crippen LogP) is 4.39. The fourth-order valence-electron chi connectivity index (χ4n) is 4.61. The Labute approximate surface area is 212 Å². The molecule has 0 bridgehead atoms. The number of carbonyl (C=O) groups is 1. The molecule has 0 radical (unpaired) electrons. The molecule has 0 fully saturated rings. The number of fused-ring (bicyclic) bond motifs is 2. The van der Waals surface area contributed by atoms with Crippen LogP contribution in [0.2, 0.25) is 0 Å². The molecule has 2 amide bonds. The first-order valence-corrected chi connectivity index (χ1v) is 12.6. The molecule has 4 aromatic rings. The Kier molecular flexibility index (Phi) is 5.92. The molecule has 2 aliphatic rings. The van der Waals surface area contributed by atoms with E-state index in [-0.39, 0.29) is 6.03 Å². The number of aromatic nitrogens is 2. The normalized spacial score (nSPS) is 16.9. The summed E-state index contributed by atoms with van der Waals surface area (Å²) < 4.78 is 0. The van der Waals surface area contributed by atoms with Crippen LogP contribution in [-0.4, -0.2) is 44.8 Å². The van der Waals surface area contributed by atoms with Crippen molar-refractivity contribution in [2.75, 3.05) is 12.3 Å². The van der Waals surface area contributed by atoms with Gasteiger partial charge in [0.05, 0.1) is 5.52 Å². The van der Waals surface area contributed by atoms with E-state index < -0.39 is 6.29 Å². The van der Waals surface area contributed by atoms with Crippen molar-refractivity contribution in [1.29, 1.82) is 0 Å². The molecule has 2 aromatic carbocycles. The summed E-state index contributed by atoms with van der Waals surface area (Å²) in [5.41, 5.74) is 10.5. The van der Waals surface area contributed by atoms with E-state index in [0.717, 1.165) is 32.6 Å². The molecule has 0 saturated carbocycles. The molecule has 8 nitrogen and oxygen atoms in total. The summed E-state index contributed by atoms with van der Waals surface area (Å²) in [5.74, 6) is 0.477. The summed E-state index contributed by atoms with van der Waals surface area (Å²) in [6.45, 7) is 1.91. The van der Waals surface area contributed by atoms with E-state index in [0.29, 0.717) is 25.5 Å². The van der Waals surface area contributed by atoms with E-state index in [1.807, 2.05) is 29.2 Å². The van der Waals surface area contributed by atoms with Gasteiger partial charge in [-0.05, 0) is 53.5 Å². The lowest BCUT2D eigenvalue weighted by atomic mass is 10.0. The van der Waals surface area contributed by atoms with E-state index in [1.54, 1.807) is 34.7 Å². The minimum atomic E-state index is -0.456. The molecule has 9 heteroatoms. The lowest BCUT2D eigenvalue weighted by Gasteiger charge is -2.35. The highest BCUT2D eigenvalue weighted by Gasteiger charge is 2.29. The van der Waals surface area contributed by atoms with Gasteiger partial charge in [0.15, 0.2) is 6.29 Å². The Balaban J connectivity index is 1.14. The molecule has 180 valence electrons. The van der Waals surface area contributed by atoms with Crippen LogP contribution in [0.25, 0.3) is 21.3 Å². The van der Waals surface area contributed by atoms with Crippen LogP contribution in [0.15, 0.2) is 78.2 Å². The number of nitrogens with two attached hydrogens (primary N) is 1. The zero-order valence-corrected chi connectivity index (χ0v) is 20.4. The summed E-state index contributed by atoms with van der Waals surface area (Å²) in [4.78, 5) is 32.1. The van der Waals surface area contributed by atoms with Crippen LogP contribution in [0.1, 0.15) is 16.0 Å². The van der Waals surface area contributed by atoms with E-state index in [2.05, 4.69) is 50.6 Å². The monoisotopic (exact) mass is 495 g/mol. The zero-order chi connectivity index (χ0) is 24.5. The van der Waals surface area contributed by atoms with Crippen LogP contribution in [0, 0.1) is 0 Å². The third kappa shape index (κ3) is 4.34. The molecule has 2 aromatic heterocycles. The van der Waals surface area contributed by atoms with Crippen LogP contribution >= 0.6 is 11.3 Å². The largest absolute Gasteiger partial charge is 0.383 e. The second-order valence-electron chi connectivity index (χ2n) is 8.78. The maximum atomic E-state index is 13.4. The molecular formula is C27H25N7OS. The van der Waals surface area contributed by atoms with Gasteiger partial charge < -0.3 is 10.6 Å². The molecule has 1 unspecified atom stereocenters. The third-order valence-corrected chi connectivity index (χ3v) is 7.65. The number of nitrogen functional groups attached to an aromatic ring is 1. The van der Waals surface area contributed by atoms with E-state index in [1.165, 1.54) is 17.5 Å². The SMILES string of the molecule is Nc1ncnc2ccc(-c3ccc(CNC4N=CC=CN4C(=O)N4CCc5ccccc5C4)s3)cc12. The van der Waals surface area contributed by atoms with Crippen LogP contribution in [-0.2, 0) is 19.5 Å². The number of aliphatic imine (C=N–C) groups is 1. The molecule has 36 heavy (non-hydrogen) atoms. The fraction of sp³-hybridized carbons (Fsp3) is 0.185. The van der Waals surface area contributed by atoms with Gasteiger partial charge in [-0.25, -0.2) is 14.8 Å². The second-order valence-corrected chi connectivity index (χ2v) is 9.95. The number of nitrogens with zero attached hydrogens (tertiary/aromatic N) is 5. The Morgan fingerprint density at radius 2 is 2.00 bits per heavy atom.